The van der Waals surface area contributed by atoms with E-state index in [1.54, 1.807) is 11.8 Å². The molecule has 1 aromatic rings. The first-order chi connectivity index (χ1) is 13.7. The Bertz CT molecular complexity index is 793. The lowest BCUT2D eigenvalue weighted by Crippen LogP contribution is -2.48. The van der Waals surface area contributed by atoms with Crippen LogP contribution in [0.3, 0.4) is 0 Å². The minimum Gasteiger partial charge on any atom is -0.444 e. The van der Waals surface area contributed by atoms with Crippen molar-refractivity contribution in [3.63, 3.8) is 0 Å². The zero-order valence-corrected chi connectivity index (χ0v) is 18.4. The second kappa shape index (κ2) is 8.66. The lowest BCUT2D eigenvalue weighted by molar-refractivity contribution is -0.133. The highest BCUT2D eigenvalue weighted by Gasteiger charge is 2.46. The third-order valence-corrected chi connectivity index (χ3v) is 6.29. The quantitative estimate of drug-likeness (QED) is 0.532. The van der Waals surface area contributed by atoms with Gasteiger partial charge in [-0.1, -0.05) is 19.1 Å². The van der Waals surface area contributed by atoms with Gasteiger partial charge in [0.05, 0.1) is 0 Å². The zero-order chi connectivity index (χ0) is 21.2. The minimum absolute atomic E-state index is 0.0127. The molecule has 1 aliphatic heterocycles. The molecule has 156 valence electrons. The van der Waals surface area contributed by atoms with Crippen LogP contribution in [0.2, 0.25) is 0 Å². The van der Waals surface area contributed by atoms with Crippen LogP contribution in [0.25, 0.3) is 0 Å². The molecule has 1 saturated carbocycles. The molecule has 7 heteroatoms. The number of nitrogens with zero attached hydrogens (tertiary/aromatic N) is 3. The molecule has 1 aromatic carbocycles. The van der Waals surface area contributed by atoms with E-state index in [4.69, 9.17) is 4.74 Å². The molecule has 6 nitrogen and oxygen atoms in total. The molecular weight excluding hydrogens is 386 g/mol. The van der Waals surface area contributed by atoms with Crippen LogP contribution >= 0.6 is 11.8 Å². The van der Waals surface area contributed by atoms with E-state index in [2.05, 4.69) is 31.2 Å². The summed E-state index contributed by atoms with van der Waals surface area (Å²) in [7, 11) is 0. The average molecular weight is 416 g/mol. The first-order valence-corrected chi connectivity index (χ1v) is 11.1. The van der Waals surface area contributed by atoms with E-state index in [1.807, 2.05) is 27.0 Å². The van der Waals surface area contributed by atoms with Crippen molar-refractivity contribution < 1.29 is 14.3 Å². The van der Waals surface area contributed by atoms with Crippen molar-refractivity contribution in [2.24, 2.45) is 0 Å². The van der Waals surface area contributed by atoms with Crippen LogP contribution in [0.4, 0.5) is 4.79 Å². The number of hydrogen-bond acceptors (Lipinski definition) is 5. The van der Waals surface area contributed by atoms with Gasteiger partial charge in [0.15, 0.2) is 6.19 Å². The molecule has 29 heavy (non-hydrogen) atoms. The molecule has 2 amide bonds. The van der Waals surface area contributed by atoms with E-state index in [-0.39, 0.29) is 17.2 Å². The maximum absolute atomic E-state index is 13.1. The lowest BCUT2D eigenvalue weighted by atomic mass is 10.2. The van der Waals surface area contributed by atoms with Crippen molar-refractivity contribution in [3.8, 4) is 6.19 Å². The van der Waals surface area contributed by atoms with Gasteiger partial charge in [0.2, 0.25) is 0 Å². The van der Waals surface area contributed by atoms with Gasteiger partial charge in [-0.15, -0.1) is 11.8 Å². The second-order valence-electron chi connectivity index (χ2n) is 8.66. The molecule has 2 unspecified atom stereocenters. The Balaban J connectivity index is 1.76. The van der Waals surface area contributed by atoms with E-state index >= 15 is 0 Å². The second-order valence-corrected chi connectivity index (χ2v) is 10.0. The summed E-state index contributed by atoms with van der Waals surface area (Å²) in [5.74, 6) is -0.287. The summed E-state index contributed by atoms with van der Waals surface area (Å²) >= 11 is 1.67. The van der Waals surface area contributed by atoms with Gasteiger partial charge in [0.25, 0.3) is 5.91 Å². The molecule has 0 N–H and O–H groups in total. The maximum Gasteiger partial charge on any atom is 0.411 e. The molecule has 2 aliphatic rings. The molecular formula is C22H29N3O3S. The van der Waals surface area contributed by atoms with Crippen LogP contribution in [0.15, 0.2) is 29.2 Å². The standard InChI is InChI=1S/C22H29N3O3S/c1-5-15-6-10-17(11-7-15)29-18-12-19(20(26)25(14-23)16-8-9-16)24(13-18)21(27)28-22(2,3)4/h6-7,10-11,16,18-19H,5,8-9,12-13H2,1-4H3. The molecule has 0 aromatic heterocycles. The fourth-order valence-corrected chi connectivity index (χ4v) is 4.63. The van der Waals surface area contributed by atoms with E-state index in [1.165, 1.54) is 15.4 Å². The topological polar surface area (TPSA) is 73.6 Å². The number of benzene rings is 1. The number of hydrogen-bond donors (Lipinski definition) is 0. The average Bonchev–Trinajstić information content (AvgIpc) is 3.40. The Labute approximate surface area is 177 Å². The number of amides is 2. The Morgan fingerprint density at radius 3 is 2.45 bits per heavy atom. The van der Waals surface area contributed by atoms with Crippen LogP contribution in [0.5, 0.6) is 0 Å². The molecule has 2 fully saturated rings. The van der Waals surface area contributed by atoms with Crippen molar-refractivity contribution >= 4 is 23.8 Å². The van der Waals surface area contributed by atoms with Gasteiger partial charge in [-0.3, -0.25) is 9.69 Å². The van der Waals surface area contributed by atoms with Crippen molar-refractivity contribution in [3.05, 3.63) is 29.8 Å². The SMILES string of the molecule is CCc1ccc(SC2CC(C(=O)N(C#N)C3CC3)N(C(=O)OC(C)(C)C)C2)cc1. The number of aryl methyl sites for hydroxylation is 1. The van der Waals surface area contributed by atoms with Gasteiger partial charge in [0, 0.05) is 22.7 Å². The van der Waals surface area contributed by atoms with Crippen LogP contribution in [0, 0.1) is 11.5 Å². The number of ether oxygens (including phenoxy) is 1. The number of rotatable bonds is 5. The summed E-state index contributed by atoms with van der Waals surface area (Å²) < 4.78 is 5.54. The number of likely N-dealkylation sites (tertiary alicyclic amines) is 1. The predicted molar refractivity (Wildman–Crippen MR) is 112 cm³/mol. The van der Waals surface area contributed by atoms with Crippen molar-refractivity contribution in [1.29, 1.82) is 5.26 Å². The monoisotopic (exact) mass is 415 g/mol. The van der Waals surface area contributed by atoms with E-state index in [0.29, 0.717) is 13.0 Å². The fraction of sp³-hybridized carbons (Fsp3) is 0.591. The normalized spacial score (nSPS) is 21.6. The smallest absolute Gasteiger partial charge is 0.411 e. The van der Waals surface area contributed by atoms with Gasteiger partial charge in [-0.05, 0) is 64.2 Å². The van der Waals surface area contributed by atoms with Gasteiger partial charge in [-0.25, -0.2) is 9.69 Å². The summed E-state index contributed by atoms with van der Waals surface area (Å²) in [4.78, 5) is 29.7. The van der Waals surface area contributed by atoms with Crippen LogP contribution in [-0.4, -0.2) is 51.3 Å². The minimum atomic E-state index is -0.655. The molecule has 1 aliphatic carbocycles. The number of carbonyl (C=O) groups is 2. The molecule has 1 heterocycles. The van der Waals surface area contributed by atoms with E-state index < -0.39 is 17.7 Å². The van der Waals surface area contributed by atoms with Gasteiger partial charge in [-0.2, -0.15) is 5.26 Å². The van der Waals surface area contributed by atoms with Gasteiger partial charge >= 0.3 is 6.09 Å². The summed E-state index contributed by atoms with van der Waals surface area (Å²) in [6.07, 6.45) is 4.73. The molecule has 1 saturated heterocycles. The molecule has 3 rings (SSSR count). The molecule has 2 atom stereocenters. The maximum atomic E-state index is 13.1. The van der Waals surface area contributed by atoms with Crippen LogP contribution in [0.1, 0.15) is 52.5 Å². The van der Waals surface area contributed by atoms with Crippen molar-refractivity contribution in [2.45, 2.75) is 81.2 Å². The Kier molecular flexibility index (Phi) is 6.42. The van der Waals surface area contributed by atoms with Crippen LogP contribution < -0.4 is 0 Å². The molecule has 0 spiro atoms. The predicted octanol–water partition coefficient (Wildman–Crippen LogP) is 4.19. The number of nitriles is 1. The fourth-order valence-electron chi connectivity index (χ4n) is 3.44. The zero-order valence-electron chi connectivity index (χ0n) is 17.6. The summed E-state index contributed by atoms with van der Waals surface area (Å²) in [5.41, 5.74) is 0.635. The summed E-state index contributed by atoms with van der Waals surface area (Å²) in [5, 5.41) is 9.52. The van der Waals surface area contributed by atoms with Gasteiger partial charge in [0.1, 0.15) is 11.6 Å². The third kappa shape index (κ3) is 5.45. The first kappa shape index (κ1) is 21.5. The van der Waals surface area contributed by atoms with E-state index in [0.717, 1.165) is 24.2 Å². The van der Waals surface area contributed by atoms with E-state index in [9.17, 15) is 14.9 Å². The number of carbonyl (C=O) groups excluding carboxylic acids is 2. The number of thioether (sulfide) groups is 1. The highest BCUT2D eigenvalue weighted by atomic mass is 32.2. The molecule has 0 bridgehead atoms. The summed E-state index contributed by atoms with van der Waals surface area (Å²) in [6, 6.07) is 7.72. The highest BCUT2D eigenvalue weighted by molar-refractivity contribution is 8.00. The summed E-state index contributed by atoms with van der Waals surface area (Å²) in [6.45, 7) is 7.98. The van der Waals surface area contributed by atoms with Crippen LogP contribution in [-0.2, 0) is 16.0 Å². The Hall–Kier alpha value is -2.20. The Morgan fingerprint density at radius 1 is 1.28 bits per heavy atom. The lowest BCUT2D eigenvalue weighted by Gasteiger charge is -2.29. The van der Waals surface area contributed by atoms with Gasteiger partial charge < -0.3 is 4.74 Å². The third-order valence-electron chi connectivity index (χ3n) is 5.07. The molecule has 0 radical (unpaired) electrons. The largest absolute Gasteiger partial charge is 0.444 e. The van der Waals surface area contributed by atoms with Crippen molar-refractivity contribution in [2.75, 3.05) is 6.54 Å². The highest BCUT2D eigenvalue weighted by Crippen LogP contribution is 2.36. The first-order valence-electron chi connectivity index (χ1n) is 10.2. The Morgan fingerprint density at radius 2 is 1.93 bits per heavy atom. The van der Waals surface area contributed by atoms with Crippen molar-refractivity contribution in [1.82, 2.24) is 9.80 Å².